The molecule has 1 saturated heterocycles. The summed E-state index contributed by atoms with van der Waals surface area (Å²) in [4.78, 5) is 27.1. The van der Waals surface area contributed by atoms with Crippen LogP contribution >= 0.6 is 0 Å². The zero-order valence-corrected chi connectivity index (χ0v) is 11.4. The molecule has 1 fully saturated rings. The Bertz CT molecular complexity index is 483. The molecule has 1 aliphatic heterocycles. The number of pyridine rings is 1. The SMILES string of the molecule is O=C(O)C(Cc1ccccn1)(OC1CCCCO1)C(=O)O. The number of carbonyl (C=O) groups is 2. The van der Waals surface area contributed by atoms with Crippen LogP contribution in [0.4, 0.5) is 0 Å². The maximum absolute atomic E-state index is 11.6. The molecule has 0 spiro atoms. The van der Waals surface area contributed by atoms with E-state index in [0.29, 0.717) is 18.7 Å². The largest absolute Gasteiger partial charge is 0.479 e. The molecule has 0 radical (unpaired) electrons. The predicted molar refractivity (Wildman–Crippen MR) is 70.6 cm³/mol. The van der Waals surface area contributed by atoms with E-state index in [4.69, 9.17) is 9.47 Å². The highest BCUT2D eigenvalue weighted by Crippen LogP contribution is 2.25. The first-order valence-electron chi connectivity index (χ1n) is 6.71. The average molecular weight is 295 g/mol. The lowest BCUT2D eigenvalue weighted by molar-refractivity contribution is -0.236. The summed E-state index contributed by atoms with van der Waals surface area (Å²) in [6.07, 6.45) is 2.43. The molecule has 1 aromatic rings. The van der Waals surface area contributed by atoms with Crippen LogP contribution in [0.5, 0.6) is 0 Å². The normalized spacial score (nSPS) is 19.1. The van der Waals surface area contributed by atoms with Gasteiger partial charge >= 0.3 is 11.9 Å². The first kappa shape index (κ1) is 15.4. The Balaban J connectivity index is 2.24. The highest BCUT2D eigenvalue weighted by molar-refractivity contribution is 6.02. The number of aliphatic carboxylic acids is 2. The standard InChI is InChI=1S/C14H17NO6/c16-12(17)14(13(18)19,9-10-5-1-3-7-15-10)21-11-6-2-4-8-20-11/h1,3,5,7,11H,2,4,6,8-9H2,(H,16,17)(H,18,19). The number of ether oxygens (including phenoxy) is 2. The second-order valence-electron chi connectivity index (χ2n) is 4.85. The van der Waals surface area contributed by atoms with Crippen molar-refractivity contribution in [3.8, 4) is 0 Å². The molecule has 0 amide bonds. The molecule has 21 heavy (non-hydrogen) atoms. The number of aromatic nitrogens is 1. The van der Waals surface area contributed by atoms with Crippen LogP contribution in [0.25, 0.3) is 0 Å². The molecule has 2 rings (SSSR count). The van der Waals surface area contributed by atoms with Crippen molar-refractivity contribution in [3.05, 3.63) is 30.1 Å². The highest BCUT2D eigenvalue weighted by atomic mass is 16.7. The molecule has 7 nitrogen and oxygen atoms in total. The summed E-state index contributed by atoms with van der Waals surface area (Å²) < 4.78 is 10.6. The molecule has 7 heteroatoms. The monoisotopic (exact) mass is 295 g/mol. The Hall–Kier alpha value is -1.99. The lowest BCUT2D eigenvalue weighted by Gasteiger charge is -2.31. The quantitative estimate of drug-likeness (QED) is 0.756. The van der Waals surface area contributed by atoms with Gasteiger partial charge in [0, 0.05) is 24.9 Å². The van der Waals surface area contributed by atoms with Crippen LogP contribution in [0.3, 0.4) is 0 Å². The number of nitrogens with zero attached hydrogens (tertiary/aromatic N) is 1. The minimum absolute atomic E-state index is 0.332. The summed E-state index contributed by atoms with van der Waals surface area (Å²) >= 11 is 0. The molecule has 1 unspecified atom stereocenters. The summed E-state index contributed by atoms with van der Waals surface area (Å²) in [6, 6.07) is 4.89. The molecule has 2 heterocycles. The van der Waals surface area contributed by atoms with Gasteiger partial charge in [0.1, 0.15) is 0 Å². The molecule has 2 N–H and O–H groups in total. The minimum Gasteiger partial charge on any atom is -0.479 e. The highest BCUT2D eigenvalue weighted by Gasteiger charge is 2.50. The first-order chi connectivity index (χ1) is 10.0. The Morgan fingerprint density at radius 2 is 2.10 bits per heavy atom. The van der Waals surface area contributed by atoms with Gasteiger partial charge in [-0.1, -0.05) is 6.07 Å². The number of hydrogen-bond donors (Lipinski definition) is 2. The molecule has 1 aliphatic rings. The van der Waals surface area contributed by atoms with E-state index in [1.165, 1.54) is 6.20 Å². The van der Waals surface area contributed by atoms with Gasteiger partial charge < -0.3 is 19.7 Å². The van der Waals surface area contributed by atoms with Gasteiger partial charge in [-0.15, -0.1) is 0 Å². The van der Waals surface area contributed by atoms with Crippen LogP contribution in [0.2, 0.25) is 0 Å². The van der Waals surface area contributed by atoms with Gasteiger partial charge in [-0.05, 0) is 31.4 Å². The summed E-state index contributed by atoms with van der Waals surface area (Å²) in [7, 11) is 0. The van der Waals surface area contributed by atoms with Gasteiger partial charge in [0.15, 0.2) is 6.29 Å². The van der Waals surface area contributed by atoms with E-state index in [2.05, 4.69) is 4.98 Å². The van der Waals surface area contributed by atoms with Crippen LogP contribution in [-0.2, 0) is 25.5 Å². The average Bonchev–Trinajstić information content (AvgIpc) is 2.48. The second-order valence-corrected chi connectivity index (χ2v) is 4.85. The topological polar surface area (TPSA) is 106 Å². The summed E-state index contributed by atoms with van der Waals surface area (Å²) in [5, 5.41) is 18.8. The molecule has 1 aromatic heterocycles. The van der Waals surface area contributed by atoms with E-state index in [1.807, 2.05) is 0 Å². The van der Waals surface area contributed by atoms with Crippen LogP contribution in [0.15, 0.2) is 24.4 Å². The lowest BCUT2D eigenvalue weighted by Crippen LogP contribution is -2.54. The van der Waals surface area contributed by atoms with Crippen molar-refractivity contribution in [1.29, 1.82) is 0 Å². The van der Waals surface area contributed by atoms with E-state index in [0.717, 1.165) is 12.8 Å². The maximum atomic E-state index is 11.6. The molecular weight excluding hydrogens is 278 g/mol. The van der Waals surface area contributed by atoms with E-state index in [1.54, 1.807) is 18.2 Å². The van der Waals surface area contributed by atoms with Gasteiger partial charge in [0.05, 0.1) is 0 Å². The number of rotatable bonds is 6. The zero-order chi connectivity index (χ0) is 15.3. The third kappa shape index (κ3) is 3.56. The Morgan fingerprint density at radius 3 is 2.62 bits per heavy atom. The van der Waals surface area contributed by atoms with Crippen molar-refractivity contribution in [2.45, 2.75) is 37.6 Å². The molecule has 114 valence electrons. The number of carboxylic acids is 2. The molecule has 0 aliphatic carbocycles. The summed E-state index contributed by atoms with van der Waals surface area (Å²) in [6.45, 7) is 0.434. The van der Waals surface area contributed by atoms with Crippen LogP contribution in [0, 0.1) is 0 Å². The van der Waals surface area contributed by atoms with Crippen molar-refractivity contribution in [1.82, 2.24) is 4.98 Å². The molecular formula is C14H17NO6. The first-order valence-corrected chi connectivity index (χ1v) is 6.71. The fourth-order valence-corrected chi connectivity index (χ4v) is 2.17. The van der Waals surface area contributed by atoms with Crippen molar-refractivity contribution in [2.75, 3.05) is 6.61 Å². The molecule has 0 aromatic carbocycles. The van der Waals surface area contributed by atoms with Gasteiger partial charge in [-0.2, -0.15) is 0 Å². The number of carboxylic acid groups (broad SMARTS) is 2. The van der Waals surface area contributed by atoms with Gasteiger partial charge in [-0.3, -0.25) is 4.98 Å². The third-order valence-electron chi connectivity index (χ3n) is 3.32. The Kier molecular flexibility index (Phi) is 4.87. The van der Waals surface area contributed by atoms with Crippen molar-refractivity contribution >= 4 is 11.9 Å². The number of hydrogen-bond acceptors (Lipinski definition) is 5. The predicted octanol–water partition coefficient (Wildman–Crippen LogP) is 1.08. The van der Waals surface area contributed by atoms with Crippen molar-refractivity contribution in [2.24, 2.45) is 0 Å². The Labute approximate surface area is 121 Å². The van der Waals surface area contributed by atoms with Crippen molar-refractivity contribution < 1.29 is 29.3 Å². The van der Waals surface area contributed by atoms with Crippen LogP contribution in [0.1, 0.15) is 25.0 Å². The van der Waals surface area contributed by atoms with E-state index in [-0.39, 0.29) is 6.42 Å². The van der Waals surface area contributed by atoms with Crippen LogP contribution < -0.4 is 0 Å². The molecule has 0 bridgehead atoms. The maximum Gasteiger partial charge on any atom is 0.348 e. The zero-order valence-electron chi connectivity index (χ0n) is 11.4. The third-order valence-corrected chi connectivity index (χ3v) is 3.32. The second kappa shape index (κ2) is 6.64. The molecule has 1 atom stereocenters. The van der Waals surface area contributed by atoms with Gasteiger partial charge in [0.2, 0.25) is 0 Å². The van der Waals surface area contributed by atoms with Gasteiger partial charge in [-0.25, -0.2) is 9.59 Å². The van der Waals surface area contributed by atoms with E-state index >= 15 is 0 Å². The molecule has 0 saturated carbocycles. The fraction of sp³-hybridized carbons (Fsp3) is 0.500. The van der Waals surface area contributed by atoms with E-state index < -0.39 is 23.8 Å². The smallest absolute Gasteiger partial charge is 0.348 e. The summed E-state index contributed by atoms with van der Waals surface area (Å²) in [5.41, 5.74) is -2.06. The lowest BCUT2D eigenvalue weighted by atomic mass is 9.96. The summed E-state index contributed by atoms with van der Waals surface area (Å²) in [5.74, 6) is -3.12. The minimum atomic E-state index is -2.39. The van der Waals surface area contributed by atoms with Crippen molar-refractivity contribution in [3.63, 3.8) is 0 Å². The van der Waals surface area contributed by atoms with Gasteiger partial charge in [0.25, 0.3) is 5.60 Å². The fourth-order valence-electron chi connectivity index (χ4n) is 2.17. The van der Waals surface area contributed by atoms with Crippen LogP contribution in [-0.4, -0.2) is 45.6 Å². The Morgan fingerprint density at radius 1 is 1.33 bits per heavy atom. The van der Waals surface area contributed by atoms with E-state index in [9.17, 15) is 19.8 Å².